The summed E-state index contributed by atoms with van der Waals surface area (Å²) in [5.41, 5.74) is 2.52. The summed E-state index contributed by atoms with van der Waals surface area (Å²) in [6, 6.07) is 8.09. The molecular weight excluding hydrogens is 294 g/mol. The van der Waals surface area contributed by atoms with E-state index in [4.69, 9.17) is 0 Å². The van der Waals surface area contributed by atoms with Crippen molar-refractivity contribution in [1.29, 1.82) is 0 Å². The lowest BCUT2D eigenvalue weighted by Gasteiger charge is -2.32. The van der Waals surface area contributed by atoms with E-state index in [0.29, 0.717) is 5.69 Å². The summed E-state index contributed by atoms with van der Waals surface area (Å²) in [5.74, 6) is 0.681. The predicted molar refractivity (Wildman–Crippen MR) is 91.9 cm³/mol. The molecule has 22 heavy (non-hydrogen) atoms. The van der Waals surface area contributed by atoms with Gasteiger partial charge in [0, 0.05) is 29.8 Å². The molecule has 0 bridgehead atoms. The van der Waals surface area contributed by atoms with Crippen molar-refractivity contribution in [3.05, 3.63) is 40.3 Å². The number of thiazole rings is 1. The zero-order valence-electron chi connectivity index (χ0n) is 13.0. The van der Waals surface area contributed by atoms with Crippen molar-refractivity contribution in [1.82, 2.24) is 4.98 Å². The third-order valence-electron chi connectivity index (χ3n) is 4.13. The Kier molecular flexibility index (Phi) is 4.43. The molecule has 0 radical (unpaired) electrons. The van der Waals surface area contributed by atoms with Crippen molar-refractivity contribution in [3.63, 3.8) is 0 Å². The standard InChI is InChI=1S/C17H21N3OS/c1-12-7-9-20(10-8-12)15-5-3-14(4-6-15)19-17(21)16-11-22-13(2)18-16/h3-6,11-12H,7-10H2,1-2H3,(H,19,21). The van der Waals surface area contributed by atoms with Crippen LogP contribution in [0.5, 0.6) is 0 Å². The van der Waals surface area contributed by atoms with Crippen molar-refractivity contribution in [3.8, 4) is 0 Å². The molecule has 0 saturated carbocycles. The summed E-state index contributed by atoms with van der Waals surface area (Å²) in [6.07, 6.45) is 2.50. The Morgan fingerprint density at radius 3 is 2.55 bits per heavy atom. The highest BCUT2D eigenvalue weighted by molar-refractivity contribution is 7.09. The topological polar surface area (TPSA) is 45.2 Å². The molecule has 1 fully saturated rings. The highest BCUT2D eigenvalue weighted by Crippen LogP contribution is 2.24. The average Bonchev–Trinajstić information content (AvgIpc) is 2.96. The van der Waals surface area contributed by atoms with E-state index in [2.05, 4.69) is 34.3 Å². The molecule has 5 heteroatoms. The smallest absolute Gasteiger partial charge is 0.275 e. The molecule has 1 aliphatic rings. The number of nitrogens with zero attached hydrogens (tertiary/aromatic N) is 2. The molecule has 1 N–H and O–H groups in total. The number of benzene rings is 1. The first-order valence-corrected chi connectivity index (χ1v) is 8.58. The van der Waals surface area contributed by atoms with Crippen LogP contribution in [0.25, 0.3) is 0 Å². The number of hydrogen-bond acceptors (Lipinski definition) is 4. The number of amides is 1. The maximum atomic E-state index is 12.1. The Morgan fingerprint density at radius 1 is 1.27 bits per heavy atom. The molecule has 2 aromatic rings. The molecule has 1 aromatic heterocycles. The minimum Gasteiger partial charge on any atom is -0.372 e. The Morgan fingerprint density at radius 2 is 1.95 bits per heavy atom. The van der Waals surface area contributed by atoms with Crippen LogP contribution in [-0.4, -0.2) is 24.0 Å². The van der Waals surface area contributed by atoms with Gasteiger partial charge in [-0.1, -0.05) is 6.92 Å². The van der Waals surface area contributed by atoms with Gasteiger partial charge in [-0.25, -0.2) is 4.98 Å². The summed E-state index contributed by atoms with van der Waals surface area (Å²) < 4.78 is 0. The fourth-order valence-corrected chi connectivity index (χ4v) is 3.28. The quantitative estimate of drug-likeness (QED) is 0.933. The molecule has 0 aliphatic carbocycles. The molecule has 2 heterocycles. The molecule has 4 nitrogen and oxygen atoms in total. The van der Waals surface area contributed by atoms with Gasteiger partial charge in [0.05, 0.1) is 5.01 Å². The molecule has 116 valence electrons. The predicted octanol–water partition coefficient (Wildman–Crippen LogP) is 3.94. The van der Waals surface area contributed by atoms with Crippen molar-refractivity contribution >= 4 is 28.6 Å². The van der Waals surface area contributed by atoms with Crippen LogP contribution in [0.15, 0.2) is 29.6 Å². The van der Waals surface area contributed by atoms with Gasteiger partial charge in [-0.15, -0.1) is 11.3 Å². The van der Waals surface area contributed by atoms with E-state index in [9.17, 15) is 4.79 Å². The van der Waals surface area contributed by atoms with E-state index in [-0.39, 0.29) is 5.91 Å². The first kappa shape index (κ1) is 15.0. The van der Waals surface area contributed by atoms with Gasteiger partial charge < -0.3 is 10.2 Å². The molecular formula is C17H21N3OS. The van der Waals surface area contributed by atoms with Crippen LogP contribution >= 0.6 is 11.3 Å². The second-order valence-electron chi connectivity index (χ2n) is 5.92. The molecule has 1 amide bonds. The lowest BCUT2D eigenvalue weighted by molar-refractivity contribution is 0.102. The third kappa shape index (κ3) is 3.47. The Balaban J connectivity index is 1.63. The van der Waals surface area contributed by atoms with Gasteiger partial charge in [0.1, 0.15) is 5.69 Å². The van der Waals surface area contributed by atoms with Crippen molar-refractivity contribution in [2.45, 2.75) is 26.7 Å². The number of aromatic nitrogens is 1. The van der Waals surface area contributed by atoms with Crippen LogP contribution in [0.3, 0.4) is 0 Å². The first-order chi connectivity index (χ1) is 10.6. The molecule has 0 spiro atoms. The molecule has 1 aromatic carbocycles. The first-order valence-electron chi connectivity index (χ1n) is 7.70. The van der Waals surface area contributed by atoms with Gasteiger partial charge in [0.25, 0.3) is 5.91 Å². The second kappa shape index (κ2) is 6.48. The maximum absolute atomic E-state index is 12.1. The van der Waals surface area contributed by atoms with Gasteiger partial charge >= 0.3 is 0 Å². The molecule has 1 aliphatic heterocycles. The highest BCUT2D eigenvalue weighted by atomic mass is 32.1. The van der Waals surface area contributed by atoms with Gasteiger partial charge in [0.2, 0.25) is 0 Å². The molecule has 3 rings (SSSR count). The number of hydrogen-bond donors (Lipinski definition) is 1. The summed E-state index contributed by atoms with van der Waals surface area (Å²) in [6.45, 7) is 6.45. The number of aryl methyl sites for hydroxylation is 1. The lowest BCUT2D eigenvalue weighted by Crippen LogP contribution is -2.32. The maximum Gasteiger partial charge on any atom is 0.275 e. The van der Waals surface area contributed by atoms with Gasteiger partial charge in [0.15, 0.2) is 0 Å². The normalized spacial score (nSPS) is 15.8. The monoisotopic (exact) mass is 315 g/mol. The summed E-state index contributed by atoms with van der Waals surface area (Å²) >= 11 is 1.49. The second-order valence-corrected chi connectivity index (χ2v) is 6.98. The van der Waals surface area contributed by atoms with E-state index < -0.39 is 0 Å². The number of carbonyl (C=O) groups excluding carboxylic acids is 1. The lowest BCUT2D eigenvalue weighted by atomic mass is 9.99. The van der Waals surface area contributed by atoms with Crippen LogP contribution in [0.4, 0.5) is 11.4 Å². The number of rotatable bonds is 3. The largest absolute Gasteiger partial charge is 0.372 e. The van der Waals surface area contributed by atoms with E-state index in [0.717, 1.165) is 29.7 Å². The van der Waals surface area contributed by atoms with Crippen LogP contribution in [0.1, 0.15) is 35.3 Å². The average molecular weight is 315 g/mol. The van der Waals surface area contributed by atoms with Crippen molar-refractivity contribution < 1.29 is 4.79 Å². The summed E-state index contributed by atoms with van der Waals surface area (Å²) in [7, 11) is 0. The summed E-state index contributed by atoms with van der Waals surface area (Å²) in [4.78, 5) is 18.7. The number of carbonyl (C=O) groups is 1. The highest BCUT2D eigenvalue weighted by Gasteiger charge is 2.16. The minimum absolute atomic E-state index is 0.149. The SMILES string of the molecule is Cc1nc(C(=O)Nc2ccc(N3CCC(C)CC3)cc2)cs1. The molecule has 0 unspecified atom stereocenters. The van der Waals surface area contributed by atoms with E-state index in [1.807, 2.05) is 19.1 Å². The fraction of sp³-hybridized carbons (Fsp3) is 0.412. The summed E-state index contributed by atoms with van der Waals surface area (Å²) in [5, 5.41) is 5.58. The zero-order valence-corrected chi connectivity index (χ0v) is 13.8. The van der Waals surface area contributed by atoms with Crippen LogP contribution in [-0.2, 0) is 0 Å². The van der Waals surface area contributed by atoms with Crippen molar-refractivity contribution in [2.75, 3.05) is 23.3 Å². The minimum atomic E-state index is -0.149. The number of nitrogens with one attached hydrogen (secondary N) is 1. The Hall–Kier alpha value is -1.88. The molecule has 0 atom stereocenters. The third-order valence-corrected chi connectivity index (χ3v) is 4.90. The zero-order chi connectivity index (χ0) is 15.5. The van der Waals surface area contributed by atoms with Crippen molar-refractivity contribution in [2.24, 2.45) is 5.92 Å². The molecule has 1 saturated heterocycles. The number of anilines is 2. The Labute approximate surface area is 135 Å². The van der Waals surface area contributed by atoms with Gasteiger partial charge in [-0.2, -0.15) is 0 Å². The van der Waals surface area contributed by atoms with Gasteiger partial charge in [-0.3, -0.25) is 4.79 Å². The van der Waals surface area contributed by atoms with E-state index in [1.165, 1.54) is 29.9 Å². The van der Waals surface area contributed by atoms with E-state index in [1.54, 1.807) is 5.38 Å². The fourth-order valence-electron chi connectivity index (χ4n) is 2.69. The van der Waals surface area contributed by atoms with Crippen LogP contribution in [0.2, 0.25) is 0 Å². The van der Waals surface area contributed by atoms with Gasteiger partial charge in [-0.05, 0) is 49.9 Å². The Bertz CT molecular complexity index is 642. The van der Waals surface area contributed by atoms with Crippen LogP contribution in [0, 0.1) is 12.8 Å². The van der Waals surface area contributed by atoms with Crippen LogP contribution < -0.4 is 10.2 Å². The van der Waals surface area contributed by atoms with E-state index >= 15 is 0 Å². The number of piperidine rings is 1.